The number of nitro groups is 1. The molecule has 0 saturated heterocycles. The van der Waals surface area contributed by atoms with E-state index in [2.05, 4.69) is 10.3 Å². The molecule has 0 spiro atoms. The molecule has 1 unspecified atom stereocenters. The zero-order valence-electron chi connectivity index (χ0n) is 16.3. The van der Waals surface area contributed by atoms with Gasteiger partial charge in [-0.2, -0.15) is 0 Å². The van der Waals surface area contributed by atoms with Gasteiger partial charge in [0.1, 0.15) is 12.3 Å². The van der Waals surface area contributed by atoms with Crippen LogP contribution < -0.4 is 10.1 Å². The fraction of sp³-hybridized carbons (Fsp3) is 0.474. The monoisotopic (exact) mass is 456 g/mol. The first kappa shape index (κ1) is 22.2. The maximum absolute atomic E-state index is 12.6. The number of ether oxygens (including phenoxy) is 2. The second kappa shape index (κ2) is 9.99. The molecule has 1 N–H and O–H groups in total. The van der Waals surface area contributed by atoms with Crippen LogP contribution in [0.15, 0.2) is 24.4 Å². The highest BCUT2D eigenvalue weighted by molar-refractivity contribution is 6.35. The molecule has 1 aliphatic rings. The van der Waals surface area contributed by atoms with E-state index in [1.54, 1.807) is 18.2 Å². The fourth-order valence-corrected chi connectivity index (χ4v) is 4.01. The largest absolute Gasteiger partial charge is 0.449 e. The predicted molar refractivity (Wildman–Crippen MR) is 111 cm³/mol. The van der Waals surface area contributed by atoms with Crippen LogP contribution >= 0.6 is 23.2 Å². The molecule has 1 atom stereocenters. The van der Waals surface area contributed by atoms with Crippen molar-refractivity contribution in [3.63, 3.8) is 0 Å². The summed E-state index contributed by atoms with van der Waals surface area (Å²) in [4.78, 5) is 26.8. The van der Waals surface area contributed by atoms with Crippen LogP contribution in [0.2, 0.25) is 10.0 Å². The quantitative estimate of drug-likeness (QED) is 0.468. The van der Waals surface area contributed by atoms with Gasteiger partial charge in [-0.25, -0.2) is 4.79 Å². The maximum atomic E-state index is 12.6. The Morgan fingerprint density at radius 1 is 1.37 bits per heavy atom. The fourth-order valence-electron chi connectivity index (χ4n) is 3.48. The van der Waals surface area contributed by atoms with Crippen LogP contribution in [0.5, 0.6) is 6.01 Å². The lowest BCUT2D eigenvalue weighted by Gasteiger charge is -2.25. The lowest BCUT2D eigenvalue weighted by atomic mass is 9.96. The van der Waals surface area contributed by atoms with Crippen molar-refractivity contribution in [1.82, 2.24) is 14.9 Å². The molecule has 0 radical (unpaired) electrons. The van der Waals surface area contributed by atoms with E-state index in [0.29, 0.717) is 15.6 Å². The van der Waals surface area contributed by atoms with Gasteiger partial charge in [-0.3, -0.25) is 4.57 Å². The molecule has 1 aromatic carbocycles. The molecule has 0 aliphatic heterocycles. The summed E-state index contributed by atoms with van der Waals surface area (Å²) in [6.45, 7) is 0.0173. The van der Waals surface area contributed by atoms with E-state index in [1.807, 2.05) is 0 Å². The van der Waals surface area contributed by atoms with Gasteiger partial charge in [0.25, 0.3) is 0 Å². The number of methoxy groups -OCH3 is 1. The van der Waals surface area contributed by atoms with Crippen molar-refractivity contribution in [2.24, 2.45) is 0 Å². The van der Waals surface area contributed by atoms with Crippen molar-refractivity contribution in [2.75, 3.05) is 7.11 Å². The number of halogens is 2. The number of carbonyl (C=O) groups is 1. The van der Waals surface area contributed by atoms with E-state index in [9.17, 15) is 14.9 Å². The normalized spacial score (nSPS) is 15.4. The summed E-state index contributed by atoms with van der Waals surface area (Å²) in [6.07, 6.45) is 4.90. The highest BCUT2D eigenvalue weighted by Crippen LogP contribution is 2.31. The molecule has 1 aliphatic carbocycles. The number of aromatic nitrogens is 2. The van der Waals surface area contributed by atoms with Crippen molar-refractivity contribution >= 4 is 35.1 Å². The van der Waals surface area contributed by atoms with E-state index in [-0.39, 0.29) is 24.4 Å². The van der Waals surface area contributed by atoms with Gasteiger partial charge in [0.15, 0.2) is 0 Å². The summed E-state index contributed by atoms with van der Waals surface area (Å²) >= 11 is 12.3. The third kappa shape index (κ3) is 5.54. The van der Waals surface area contributed by atoms with Gasteiger partial charge in [-0.05, 0) is 29.9 Å². The molecule has 2 aromatic rings. The van der Waals surface area contributed by atoms with Crippen molar-refractivity contribution in [2.45, 2.75) is 50.8 Å². The smallest absolute Gasteiger partial charge is 0.414 e. The molecule has 1 amide bonds. The van der Waals surface area contributed by atoms with E-state index < -0.39 is 17.1 Å². The zero-order valence-corrected chi connectivity index (χ0v) is 17.9. The predicted octanol–water partition coefficient (Wildman–Crippen LogP) is 4.91. The molecule has 9 nitrogen and oxygen atoms in total. The Bertz CT molecular complexity index is 914. The zero-order chi connectivity index (χ0) is 21.7. The summed E-state index contributed by atoms with van der Waals surface area (Å²) in [5.74, 6) is -0.375. The number of hydrogen-bond acceptors (Lipinski definition) is 6. The lowest BCUT2D eigenvalue weighted by Crippen LogP contribution is -2.37. The van der Waals surface area contributed by atoms with Crippen molar-refractivity contribution < 1.29 is 19.2 Å². The van der Waals surface area contributed by atoms with Crippen molar-refractivity contribution in [1.29, 1.82) is 0 Å². The van der Waals surface area contributed by atoms with Gasteiger partial charge >= 0.3 is 17.9 Å². The molecule has 30 heavy (non-hydrogen) atoms. The Balaban J connectivity index is 1.84. The minimum atomic E-state index is -0.846. The number of nitrogens with one attached hydrogen (secondary N) is 1. The average Bonchev–Trinajstić information content (AvgIpc) is 3.11. The van der Waals surface area contributed by atoms with Gasteiger partial charge in [0, 0.05) is 26.6 Å². The summed E-state index contributed by atoms with van der Waals surface area (Å²) in [6, 6.07) is 4.92. The topological polar surface area (TPSA) is 109 Å². The van der Waals surface area contributed by atoms with Crippen LogP contribution in [0.3, 0.4) is 0 Å². The molecule has 11 heteroatoms. The van der Waals surface area contributed by atoms with Crippen LogP contribution in [0.1, 0.15) is 43.8 Å². The summed E-state index contributed by atoms with van der Waals surface area (Å²) in [7, 11) is 1.35. The molecular weight excluding hydrogens is 435 g/mol. The number of alkyl carbamates (subject to hydrolysis) is 1. The van der Waals surface area contributed by atoms with E-state index in [4.69, 9.17) is 32.7 Å². The van der Waals surface area contributed by atoms with Crippen LogP contribution in [0.25, 0.3) is 0 Å². The number of hydrogen-bond donors (Lipinski definition) is 1. The minimum absolute atomic E-state index is 0.0173. The Morgan fingerprint density at radius 2 is 2.10 bits per heavy atom. The summed E-state index contributed by atoms with van der Waals surface area (Å²) in [5, 5.41) is 14.7. The average molecular weight is 457 g/mol. The number of benzene rings is 1. The Labute approximate surface area is 183 Å². The van der Waals surface area contributed by atoms with Crippen LogP contribution in [0.4, 0.5) is 10.6 Å². The molecule has 162 valence electrons. The van der Waals surface area contributed by atoms with Gasteiger partial charge in [0.05, 0.1) is 13.7 Å². The second-order valence-corrected chi connectivity index (χ2v) is 7.88. The number of rotatable bonds is 7. The minimum Gasteiger partial charge on any atom is -0.449 e. The molecule has 1 fully saturated rings. The molecule has 3 rings (SSSR count). The first-order chi connectivity index (χ1) is 14.4. The van der Waals surface area contributed by atoms with E-state index >= 15 is 0 Å². The molecule has 1 aromatic heterocycles. The lowest BCUT2D eigenvalue weighted by molar-refractivity contribution is -0.389. The molecule has 1 heterocycles. The highest BCUT2D eigenvalue weighted by atomic mass is 35.5. The van der Waals surface area contributed by atoms with Crippen molar-refractivity contribution in [3.05, 3.63) is 50.1 Å². The Morgan fingerprint density at radius 3 is 2.73 bits per heavy atom. The summed E-state index contributed by atoms with van der Waals surface area (Å²) < 4.78 is 12.2. The third-order valence-corrected chi connectivity index (χ3v) is 5.51. The number of nitrogens with zero attached hydrogens (tertiary/aromatic N) is 3. The Hall–Kier alpha value is -2.52. The number of imidazole rings is 1. The maximum Gasteiger partial charge on any atom is 0.414 e. The van der Waals surface area contributed by atoms with Crippen LogP contribution in [-0.2, 0) is 11.3 Å². The van der Waals surface area contributed by atoms with E-state index in [0.717, 1.165) is 32.1 Å². The van der Waals surface area contributed by atoms with Gasteiger partial charge < -0.3 is 24.9 Å². The second-order valence-electron chi connectivity index (χ2n) is 7.03. The first-order valence-corrected chi connectivity index (χ1v) is 10.3. The molecule has 1 saturated carbocycles. The summed E-state index contributed by atoms with van der Waals surface area (Å²) in [5.41, 5.74) is 0.512. The van der Waals surface area contributed by atoms with Crippen LogP contribution in [-0.4, -0.2) is 33.7 Å². The van der Waals surface area contributed by atoms with Crippen molar-refractivity contribution in [3.8, 4) is 6.01 Å². The SMILES string of the molecule is COc1nc([N+](=O)[O-])cn1CC(OC(=O)NC1CCCCC1)c1ccc(Cl)cc1Cl. The first-order valence-electron chi connectivity index (χ1n) is 9.55. The number of carbonyl (C=O) groups excluding carboxylic acids is 1. The van der Waals surface area contributed by atoms with Gasteiger partial charge in [0.2, 0.25) is 0 Å². The number of amides is 1. The van der Waals surface area contributed by atoms with Gasteiger partial charge in [-0.1, -0.05) is 48.5 Å². The standard InChI is InChI=1S/C19H22Cl2N4O5/c1-29-18-23-17(25(27)28)11-24(18)10-16(14-8-7-12(20)9-15(14)21)30-19(26)22-13-5-3-2-4-6-13/h7-9,11,13,16H,2-6,10H2,1H3,(H,22,26). The van der Waals surface area contributed by atoms with E-state index in [1.165, 1.54) is 17.9 Å². The molecular formula is C19H22Cl2N4O5. The van der Waals surface area contributed by atoms with Crippen LogP contribution in [0, 0.1) is 10.1 Å². The highest BCUT2D eigenvalue weighted by Gasteiger charge is 2.27. The third-order valence-electron chi connectivity index (χ3n) is 4.95. The molecule has 0 bridgehead atoms. The van der Waals surface area contributed by atoms with Gasteiger partial charge in [-0.15, -0.1) is 0 Å². The Kier molecular flexibility index (Phi) is 7.38.